The number of anilines is 1. The summed E-state index contributed by atoms with van der Waals surface area (Å²) in [6.07, 6.45) is 6.70. The van der Waals surface area contributed by atoms with Crippen LogP contribution in [0.5, 0.6) is 0 Å². The molecule has 1 atom stereocenters. The van der Waals surface area contributed by atoms with Crippen LogP contribution in [0.2, 0.25) is 0 Å². The number of aromatic nitrogens is 2. The molecular formula is C23H34N4OS. The Morgan fingerprint density at radius 1 is 1.14 bits per heavy atom. The highest BCUT2D eigenvalue weighted by Crippen LogP contribution is 2.42. The molecule has 4 rings (SSSR count). The van der Waals surface area contributed by atoms with Gasteiger partial charge in [-0.25, -0.2) is 9.97 Å². The minimum Gasteiger partial charge on any atom is -0.352 e. The van der Waals surface area contributed by atoms with Gasteiger partial charge < -0.3 is 9.80 Å². The minimum absolute atomic E-state index is 0.190. The number of hydrogen-bond acceptors (Lipinski definition) is 5. The Morgan fingerprint density at radius 2 is 1.86 bits per heavy atom. The van der Waals surface area contributed by atoms with Gasteiger partial charge in [0.1, 0.15) is 16.5 Å². The van der Waals surface area contributed by atoms with E-state index in [1.807, 2.05) is 0 Å². The first-order valence-corrected chi connectivity index (χ1v) is 12.2. The number of carbonyl (C=O) groups excluding carboxylic acids is 1. The fourth-order valence-electron chi connectivity index (χ4n) is 4.35. The number of rotatable bonds is 7. The van der Waals surface area contributed by atoms with Gasteiger partial charge in [0, 0.05) is 42.9 Å². The van der Waals surface area contributed by atoms with Gasteiger partial charge in [-0.15, -0.1) is 11.3 Å². The molecule has 29 heavy (non-hydrogen) atoms. The number of aryl methyl sites for hydroxylation is 2. The summed E-state index contributed by atoms with van der Waals surface area (Å²) in [4.78, 5) is 29.9. The molecule has 0 aromatic carbocycles. The van der Waals surface area contributed by atoms with Crippen molar-refractivity contribution in [2.45, 2.75) is 72.1 Å². The summed E-state index contributed by atoms with van der Waals surface area (Å²) in [5.74, 6) is 3.22. The molecule has 1 saturated heterocycles. The Bertz CT molecular complexity index is 881. The first-order valence-electron chi connectivity index (χ1n) is 11.3. The van der Waals surface area contributed by atoms with Crippen LogP contribution in [0.15, 0.2) is 0 Å². The summed E-state index contributed by atoms with van der Waals surface area (Å²) in [5.41, 5.74) is 1.31. The van der Waals surface area contributed by atoms with Gasteiger partial charge in [-0.05, 0) is 45.1 Å². The van der Waals surface area contributed by atoms with Crippen molar-refractivity contribution in [1.82, 2.24) is 14.9 Å². The van der Waals surface area contributed by atoms with Gasteiger partial charge in [-0.3, -0.25) is 4.79 Å². The van der Waals surface area contributed by atoms with Crippen molar-refractivity contribution in [3.05, 3.63) is 16.3 Å². The van der Waals surface area contributed by atoms with E-state index < -0.39 is 0 Å². The zero-order chi connectivity index (χ0) is 20.5. The van der Waals surface area contributed by atoms with E-state index in [1.165, 1.54) is 28.7 Å². The molecule has 2 aromatic heterocycles. The predicted molar refractivity (Wildman–Crippen MR) is 121 cm³/mol. The minimum atomic E-state index is 0.190. The number of thiophene rings is 1. The first-order chi connectivity index (χ1) is 14.0. The van der Waals surface area contributed by atoms with Gasteiger partial charge in [-0.1, -0.05) is 26.7 Å². The molecule has 0 radical (unpaired) electrons. The maximum Gasteiger partial charge on any atom is 0.225 e. The van der Waals surface area contributed by atoms with Crippen LogP contribution in [0.1, 0.15) is 74.6 Å². The largest absolute Gasteiger partial charge is 0.352 e. The zero-order valence-corrected chi connectivity index (χ0v) is 19.1. The topological polar surface area (TPSA) is 49.3 Å². The van der Waals surface area contributed by atoms with E-state index in [-0.39, 0.29) is 5.92 Å². The average Bonchev–Trinajstić information content (AvgIpc) is 3.54. The van der Waals surface area contributed by atoms with E-state index >= 15 is 0 Å². The Hall–Kier alpha value is -1.69. The van der Waals surface area contributed by atoms with E-state index in [0.717, 1.165) is 68.3 Å². The van der Waals surface area contributed by atoms with E-state index in [0.29, 0.717) is 11.8 Å². The normalized spacial score (nSPS) is 18.5. The van der Waals surface area contributed by atoms with E-state index in [1.54, 1.807) is 11.3 Å². The number of hydrogen-bond donors (Lipinski definition) is 0. The lowest BCUT2D eigenvalue weighted by Gasteiger charge is -2.37. The molecule has 5 nitrogen and oxygen atoms in total. The highest BCUT2D eigenvalue weighted by atomic mass is 32.1. The van der Waals surface area contributed by atoms with Crippen LogP contribution >= 0.6 is 11.3 Å². The number of nitrogens with zero attached hydrogens (tertiary/aromatic N) is 4. The standard InChI is InChI=1S/C23H34N4OS/c1-5-7-8-17(6-2)23(28)27-13-11-26(12-14-27)21-19-15(3)16(4)29-22(19)25-20(24-21)18-9-10-18/h17-18H,5-14H2,1-4H3. The van der Waals surface area contributed by atoms with Gasteiger partial charge in [0.05, 0.1) is 5.39 Å². The second kappa shape index (κ2) is 8.58. The Morgan fingerprint density at radius 3 is 2.48 bits per heavy atom. The molecule has 2 aromatic rings. The summed E-state index contributed by atoms with van der Waals surface area (Å²) < 4.78 is 0. The number of piperazine rings is 1. The lowest BCUT2D eigenvalue weighted by atomic mass is 9.97. The van der Waals surface area contributed by atoms with Crippen LogP contribution < -0.4 is 4.90 Å². The van der Waals surface area contributed by atoms with Crippen LogP contribution in [-0.2, 0) is 4.79 Å². The van der Waals surface area contributed by atoms with Crippen molar-refractivity contribution >= 4 is 33.3 Å². The molecule has 158 valence electrons. The maximum absolute atomic E-state index is 13.0. The third-order valence-corrected chi connectivity index (χ3v) is 7.71. The van der Waals surface area contributed by atoms with Gasteiger partial charge in [0.2, 0.25) is 5.91 Å². The highest BCUT2D eigenvalue weighted by Gasteiger charge is 2.31. The molecule has 3 heterocycles. The van der Waals surface area contributed by atoms with Crippen molar-refractivity contribution in [2.75, 3.05) is 31.1 Å². The molecular weight excluding hydrogens is 380 g/mol. The molecule has 0 bridgehead atoms. The first kappa shape index (κ1) is 20.6. The van der Waals surface area contributed by atoms with Crippen molar-refractivity contribution in [1.29, 1.82) is 0 Å². The van der Waals surface area contributed by atoms with E-state index in [4.69, 9.17) is 9.97 Å². The van der Waals surface area contributed by atoms with Gasteiger partial charge in [0.15, 0.2) is 0 Å². The molecule has 1 aliphatic carbocycles. The smallest absolute Gasteiger partial charge is 0.225 e. The van der Waals surface area contributed by atoms with Crippen LogP contribution in [0, 0.1) is 19.8 Å². The molecule has 0 N–H and O–H groups in total. The Balaban J connectivity index is 1.52. The van der Waals surface area contributed by atoms with Crippen LogP contribution in [0.3, 0.4) is 0 Å². The number of carbonyl (C=O) groups is 1. The molecule has 1 amide bonds. The van der Waals surface area contributed by atoms with Crippen LogP contribution in [-0.4, -0.2) is 47.0 Å². The number of unbranched alkanes of at least 4 members (excludes halogenated alkanes) is 1. The highest BCUT2D eigenvalue weighted by molar-refractivity contribution is 7.18. The van der Waals surface area contributed by atoms with Gasteiger partial charge in [0.25, 0.3) is 0 Å². The third kappa shape index (κ3) is 4.14. The molecule has 1 saturated carbocycles. The van der Waals surface area contributed by atoms with Crippen molar-refractivity contribution in [3.63, 3.8) is 0 Å². The van der Waals surface area contributed by atoms with Crippen molar-refractivity contribution < 1.29 is 4.79 Å². The van der Waals surface area contributed by atoms with Crippen LogP contribution in [0.4, 0.5) is 5.82 Å². The van der Waals surface area contributed by atoms with Crippen molar-refractivity contribution in [3.8, 4) is 0 Å². The quantitative estimate of drug-likeness (QED) is 0.636. The maximum atomic E-state index is 13.0. The summed E-state index contributed by atoms with van der Waals surface area (Å²) in [5, 5.41) is 1.23. The SMILES string of the molecule is CCCCC(CC)C(=O)N1CCN(c2nc(C3CC3)nc3sc(C)c(C)c23)CC1. The molecule has 6 heteroatoms. The fourth-order valence-corrected chi connectivity index (χ4v) is 5.38. The second-order valence-corrected chi connectivity index (χ2v) is 9.91. The average molecular weight is 415 g/mol. The molecule has 1 unspecified atom stereocenters. The zero-order valence-electron chi connectivity index (χ0n) is 18.3. The monoisotopic (exact) mass is 414 g/mol. The lowest BCUT2D eigenvalue weighted by Crippen LogP contribution is -2.50. The number of fused-ring (bicyclic) bond motifs is 1. The third-order valence-electron chi connectivity index (χ3n) is 6.61. The van der Waals surface area contributed by atoms with Gasteiger partial charge >= 0.3 is 0 Å². The lowest BCUT2D eigenvalue weighted by molar-refractivity contribution is -0.136. The summed E-state index contributed by atoms with van der Waals surface area (Å²) in [6, 6.07) is 0. The molecule has 2 aliphatic rings. The van der Waals surface area contributed by atoms with E-state index in [9.17, 15) is 4.79 Å². The fraction of sp³-hybridized carbons (Fsp3) is 0.696. The van der Waals surface area contributed by atoms with Gasteiger partial charge in [-0.2, -0.15) is 0 Å². The van der Waals surface area contributed by atoms with Crippen LogP contribution in [0.25, 0.3) is 10.2 Å². The van der Waals surface area contributed by atoms with Crippen molar-refractivity contribution in [2.24, 2.45) is 5.92 Å². The number of amides is 1. The molecule has 0 spiro atoms. The predicted octanol–water partition coefficient (Wildman–Crippen LogP) is 5.05. The molecule has 1 aliphatic heterocycles. The second-order valence-electron chi connectivity index (χ2n) is 8.70. The Labute approximate surface area is 178 Å². The Kier molecular flexibility index (Phi) is 6.09. The summed E-state index contributed by atoms with van der Waals surface area (Å²) in [6.45, 7) is 12.0. The van der Waals surface area contributed by atoms with E-state index in [2.05, 4.69) is 37.5 Å². The summed E-state index contributed by atoms with van der Waals surface area (Å²) in [7, 11) is 0. The molecule has 2 fully saturated rings. The summed E-state index contributed by atoms with van der Waals surface area (Å²) >= 11 is 1.79.